The topological polar surface area (TPSA) is 37.3 Å². The van der Waals surface area contributed by atoms with Crippen molar-refractivity contribution in [3.05, 3.63) is 37.5 Å². The van der Waals surface area contributed by atoms with E-state index in [0.717, 1.165) is 5.57 Å². The molecule has 1 atom stereocenters. The Kier molecular flexibility index (Phi) is 8.46. The SMILES string of the molecule is C=C.C=C/C(=C\C)C(CC(=O)O)C(C)(C)C. The lowest BCUT2D eigenvalue weighted by atomic mass is 9.74. The molecule has 0 radical (unpaired) electrons. The van der Waals surface area contributed by atoms with Crippen molar-refractivity contribution in [1.82, 2.24) is 0 Å². The van der Waals surface area contributed by atoms with Gasteiger partial charge in [-0.1, -0.05) is 39.5 Å². The highest BCUT2D eigenvalue weighted by Gasteiger charge is 2.28. The number of aliphatic carboxylic acids is 1. The van der Waals surface area contributed by atoms with Crippen molar-refractivity contribution < 1.29 is 9.90 Å². The summed E-state index contributed by atoms with van der Waals surface area (Å²) >= 11 is 0. The molecule has 1 N–H and O–H groups in total. The van der Waals surface area contributed by atoms with Gasteiger partial charge in [-0.05, 0) is 23.8 Å². The molecule has 0 saturated heterocycles. The first-order valence-corrected chi connectivity index (χ1v) is 5.33. The fourth-order valence-electron chi connectivity index (χ4n) is 1.56. The summed E-state index contributed by atoms with van der Waals surface area (Å²) in [5, 5.41) is 8.83. The van der Waals surface area contributed by atoms with Gasteiger partial charge >= 0.3 is 5.97 Å². The van der Waals surface area contributed by atoms with Crippen LogP contribution in [0.2, 0.25) is 0 Å². The molecule has 92 valence electrons. The van der Waals surface area contributed by atoms with Crippen LogP contribution in [0.15, 0.2) is 37.5 Å². The summed E-state index contributed by atoms with van der Waals surface area (Å²) in [6, 6.07) is 0. The third-order valence-electron chi connectivity index (χ3n) is 2.40. The van der Waals surface area contributed by atoms with Crippen molar-refractivity contribution in [2.45, 2.75) is 34.1 Å². The van der Waals surface area contributed by atoms with Crippen molar-refractivity contribution in [3.63, 3.8) is 0 Å². The summed E-state index contributed by atoms with van der Waals surface area (Å²) in [6.45, 7) is 17.8. The van der Waals surface area contributed by atoms with Crippen LogP contribution < -0.4 is 0 Å². The van der Waals surface area contributed by atoms with Crippen LogP contribution in [0.25, 0.3) is 0 Å². The van der Waals surface area contributed by atoms with Gasteiger partial charge in [0.25, 0.3) is 0 Å². The van der Waals surface area contributed by atoms with Crippen LogP contribution >= 0.6 is 0 Å². The first-order chi connectivity index (χ1) is 7.32. The van der Waals surface area contributed by atoms with Gasteiger partial charge in [-0.25, -0.2) is 0 Å². The summed E-state index contributed by atoms with van der Waals surface area (Å²) in [5.74, 6) is -0.728. The zero-order valence-electron chi connectivity index (χ0n) is 10.9. The van der Waals surface area contributed by atoms with E-state index in [1.54, 1.807) is 6.08 Å². The second-order valence-electron chi connectivity index (χ2n) is 4.51. The molecule has 1 unspecified atom stereocenters. The Balaban J connectivity index is 0. The highest BCUT2D eigenvalue weighted by atomic mass is 16.4. The number of rotatable bonds is 4. The maximum Gasteiger partial charge on any atom is 0.303 e. The molecule has 0 aliphatic carbocycles. The normalized spacial score (nSPS) is 13.4. The van der Waals surface area contributed by atoms with Gasteiger partial charge in [0.1, 0.15) is 0 Å². The van der Waals surface area contributed by atoms with E-state index in [1.807, 2.05) is 33.8 Å². The standard InChI is InChI=1S/C12H20O2.C2H4/c1-6-9(7-2)10(8-11(13)14)12(3,4)5;1-2/h6-7,10H,1,8H2,2-5H3,(H,13,14);1-2H2/b9-7+;. The molecule has 0 aliphatic rings. The molecular formula is C14H24O2. The molecule has 0 aromatic heterocycles. The highest BCUT2D eigenvalue weighted by Crippen LogP contribution is 2.35. The maximum absolute atomic E-state index is 10.7. The molecule has 0 aromatic carbocycles. The van der Waals surface area contributed by atoms with E-state index in [9.17, 15) is 4.79 Å². The lowest BCUT2D eigenvalue weighted by Gasteiger charge is -2.30. The van der Waals surface area contributed by atoms with Crippen LogP contribution in [0, 0.1) is 11.3 Å². The maximum atomic E-state index is 10.7. The molecule has 0 fully saturated rings. The average Bonchev–Trinajstić information content (AvgIpc) is 2.19. The number of carboxylic acid groups (broad SMARTS) is 1. The van der Waals surface area contributed by atoms with Gasteiger partial charge in [-0.3, -0.25) is 4.79 Å². The third kappa shape index (κ3) is 6.23. The first kappa shape index (κ1) is 17.1. The van der Waals surface area contributed by atoms with Crippen LogP contribution in [0.3, 0.4) is 0 Å². The third-order valence-corrected chi connectivity index (χ3v) is 2.40. The van der Waals surface area contributed by atoms with Crippen molar-refractivity contribution in [3.8, 4) is 0 Å². The van der Waals surface area contributed by atoms with Gasteiger partial charge in [0.05, 0.1) is 6.42 Å². The molecule has 16 heavy (non-hydrogen) atoms. The molecule has 0 aromatic rings. The van der Waals surface area contributed by atoms with Crippen LogP contribution in [0.4, 0.5) is 0 Å². The second kappa shape index (κ2) is 7.91. The minimum Gasteiger partial charge on any atom is -0.481 e. The fraction of sp³-hybridized carbons (Fsp3) is 0.500. The number of carboxylic acids is 1. The minimum absolute atomic E-state index is 0.0301. The molecule has 0 aliphatic heterocycles. The van der Waals surface area contributed by atoms with E-state index in [1.165, 1.54) is 0 Å². The van der Waals surface area contributed by atoms with Gasteiger partial charge in [0.15, 0.2) is 0 Å². The molecular weight excluding hydrogens is 200 g/mol. The fourth-order valence-corrected chi connectivity index (χ4v) is 1.56. The molecule has 0 bridgehead atoms. The van der Waals surface area contributed by atoms with Gasteiger partial charge in [-0.15, -0.1) is 13.2 Å². The van der Waals surface area contributed by atoms with E-state index < -0.39 is 5.97 Å². The Bertz CT molecular complexity index is 256. The Morgan fingerprint density at radius 3 is 2.00 bits per heavy atom. The molecule has 0 rings (SSSR count). The van der Waals surface area contributed by atoms with E-state index in [4.69, 9.17) is 5.11 Å². The molecule has 2 heteroatoms. The summed E-state index contributed by atoms with van der Waals surface area (Å²) in [4.78, 5) is 10.7. The monoisotopic (exact) mass is 224 g/mol. The van der Waals surface area contributed by atoms with Crippen LogP contribution in [-0.2, 0) is 4.79 Å². The van der Waals surface area contributed by atoms with Crippen molar-refractivity contribution in [2.75, 3.05) is 0 Å². The second-order valence-corrected chi connectivity index (χ2v) is 4.51. The molecule has 0 spiro atoms. The molecule has 2 nitrogen and oxygen atoms in total. The minimum atomic E-state index is -0.758. The Morgan fingerprint density at radius 2 is 1.81 bits per heavy atom. The van der Waals surface area contributed by atoms with Gasteiger partial charge in [-0.2, -0.15) is 0 Å². The first-order valence-electron chi connectivity index (χ1n) is 5.33. The predicted octanol–water partition coefficient (Wildman–Crippen LogP) is 4.06. The largest absolute Gasteiger partial charge is 0.481 e. The number of allylic oxidation sites excluding steroid dienone is 3. The lowest BCUT2D eigenvalue weighted by molar-refractivity contribution is -0.138. The van der Waals surface area contributed by atoms with Crippen LogP contribution in [-0.4, -0.2) is 11.1 Å². The Labute approximate surface area is 99.4 Å². The van der Waals surface area contributed by atoms with E-state index in [0.29, 0.717) is 0 Å². The zero-order chi connectivity index (χ0) is 13.4. The smallest absolute Gasteiger partial charge is 0.303 e. The Morgan fingerprint density at radius 1 is 1.38 bits per heavy atom. The number of hydrogen-bond donors (Lipinski definition) is 1. The summed E-state index contributed by atoms with van der Waals surface area (Å²) in [6.07, 6.45) is 3.85. The average molecular weight is 224 g/mol. The van der Waals surface area contributed by atoms with Crippen molar-refractivity contribution in [2.24, 2.45) is 11.3 Å². The number of carbonyl (C=O) groups is 1. The number of hydrogen-bond acceptors (Lipinski definition) is 1. The van der Waals surface area contributed by atoms with Crippen LogP contribution in [0.5, 0.6) is 0 Å². The highest BCUT2D eigenvalue weighted by molar-refractivity contribution is 5.68. The van der Waals surface area contributed by atoms with E-state index >= 15 is 0 Å². The quantitative estimate of drug-likeness (QED) is 0.577. The van der Waals surface area contributed by atoms with E-state index in [2.05, 4.69) is 19.7 Å². The summed E-state index contributed by atoms with van der Waals surface area (Å²) < 4.78 is 0. The van der Waals surface area contributed by atoms with Gasteiger partial charge in [0, 0.05) is 0 Å². The zero-order valence-corrected chi connectivity index (χ0v) is 10.9. The van der Waals surface area contributed by atoms with Crippen molar-refractivity contribution in [1.29, 1.82) is 0 Å². The predicted molar refractivity (Wildman–Crippen MR) is 70.4 cm³/mol. The molecule has 0 heterocycles. The van der Waals surface area contributed by atoms with Crippen molar-refractivity contribution >= 4 is 5.97 Å². The Hall–Kier alpha value is -1.31. The summed E-state index contributed by atoms with van der Waals surface area (Å²) in [5.41, 5.74) is 0.967. The lowest BCUT2D eigenvalue weighted by Crippen LogP contribution is -2.24. The van der Waals surface area contributed by atoms with E-state index in [-0.39, 0.29) is 17.8 Å². The summed E-state index contributed by atoms with van der Waals surface area (Å²) in [7, 11) is 0. The van der Waals surface area contributed by atoms with Gasteiger partial charge in [0.2, 0.25) is 0 Å². The van der Waals surface area contributed by atoms with Gasteiger partial charge < -0.3 is 5.11 Å². The molecule has 0 saturated carbocycles. The molecule has 0 amide bonds. The van der Waals surface area contributed by atoms with Crippen LogP contribution in [0.1, 0.15) is 34.1 Å².